The van der Waals surface area contributed by atoms with E-state index in [9.17, 15) is 4.79 Å². The van der Waals surface area contributed by atoms with E-state index < -0.39 is 0 Å². The molecular weight excluding hydrogens is 380 g/mol. The molecule has 0 aromatic heterocycles. The van der Waals surface area contributed by atoms with E-state index in [1.165, 1.54) is 0 Å². The van der Waals surface area contributed by atoms with Crippen LogP contribution in [0.2, 0.25) is 0 Å². The molecule has 6 heteroatoms. The monoisotopic (exact) mass is 412 g/mol. The number of nitrogens with one attached hydrogen (secondary N) is 1. The average Bonchev–Trinajstić information content (AvgIpc) is 2.74. The molecule has 1 aliphatic heterocycles. The number of aryl methyl sites for hydroxylation is 2. The molecular formula is C24H32N2O4. The van der Waals surface area contributed by atoms with Crippen molar-refractivity contribution in [2.75, 3.05) is 46.6 Å². The first-order valence-electron chi connectivity index (χ1n) is 10.5. The molecule has 3 rings (SSSR count). The molecule has 2 aromatic rings. The molecule has 0 aliphatic carbocycles. The first kappa shape index (κ1) is 22.1. The SMILES string of the molecule is CCOc1ccc(C(CNC(=O)c2cc(C)cc(C)c2)N2CCOCC2)cc1OC. The molecule has 1 saturated heterocycles. The lowest BCUT2D eigenvalue weighted by atomic mass is 10.0. The third-order valence-corrected chi connectivity index (χ3v) is 5.30. The van der Waals surface area contributed by atoms with Gasteiger partial charge in [-0.2, -0.15) is 0 Å². The van der Waals surface area contributed by atoms with Gasteiger partial charge in [-0.25, -0.2) is 0 Å². The third kappa shape index (κ3) is 5.52. The van der Waals surface area contributed by atoms with Gasteiger partial charge in [0.25, 0.3) is 5.91 Å². The summed E-state index contributed by atoms with van der Waals surface area (Å²) in [6, 6.07) is 11.9. The lowest BCUT2D eigenvalue weighted by molar-refractivity contribution is 0.0162. The molecule has 6 nitrogen and oxygen atoms in total. The number of amides is 1. The number of nitrogens with zero attached hydrogens (tertiary/aromatic N) is 1. The Kier molecular flexibility index (Phi) is 7.71. The number of methoxy groups -OCH3 is 1. The van der Waals surface area contributed by atoms with Gasteiger partial charge in [0.2, 0.25) is 0 Å². The maximum Gasteiger partial charge on any atom is 0.251 e. The van der Waals surface area contributed by atoms with Crippen LogP contribution in [-0.2, 0) is 4.74 Å². The quantitative estimate of drug-likeness (QED) is 0.719. The predicted molar refractivity (Wildman–Crippen MR) is 118 cm³/mol. The maximum absolute atomic E-state index is 12.8. The highest BCUT2D eigenvalue weighted by Gasteiger charge is 2.24. The second-order valence-corrected chi connectivity index (χ2v) is 7.59. The van der Waals surface area contributed by atoms with E-state index >= 15 is 0 Å². The van der Waals surface area contributed by atoms with E-state index in [0.717, 1.165) is 35.5 Å². The molecule has 1 atom stereocenters. The van der Waals surface area contributed by atoms with Crippen molar-refractivity contribution >= 4 is 5.91 Å². The molecule has 0 saturated carbocycles. The van der Waals surface area contributed by atoms with Crippen LogP contribution in [0.4, 0.5) is 0 Å². The van der Waals surface area contributed by atoms with E-state index in [4.69, 9.17) is 14.2 Å². The zero-order valence-corrected chi connectivity index (χ0v) is 18.4. The van der Waals surface area contributed by atoms with E-state index in [0.29, 0.717) is 37.7 Å². The summed E-state index contributed by atoms with van der Waals surface area (Å²) >= 11 is 0. The van der Waals surface area contributed by atoms with Crippen LogP contribution in [-0.4, -0.2) is 57.4 Å². The third-order valence-electron chi connectivity index (χ3n) is 5.30. The van der Waals surface area contributed by atoms with Gasteiger partial charge in [-0.1, -0.05) is 23.3 Å². The molecule has 2 aromatic carbocycles. The van der Waals surface area contributed by atoms with Gasteiger partial charge < -0.3 is 19.5 Å². The van der Waals surface area contributed by atoms with E-state index in [1.807, 2.05) is 45.0 Å². The van der Waals surface area contributed by atoms with Gasteiger partial charge in [0.15, 0.2) is 11.5 Å². The summed E-state index contributed by atoms with van der Waals surface area (Å²) < 4.78 is 16.7. The number of hydrogen-bond donors (Lipinski definition) is 1. The summed E-state index contributed by atoms with van der Waals surface area (Å²) in [6.45, 7) is 10.1. The van der Waals surface area contributed by atoms with Gasteiger partial charge in [0.1, 0.15) is 0 Å². The van der Waals surface area contributed by atoms with E-state index in [1.54, 1.807) is 7.11 Å². The zero-order chi connectivity index (χ0) is 21.5. The topological polar surface area (TPSA) is 60.0 Å². The highest BCUT2D eigenvalue weighted by molar-refractivity contribution is 5.94. The molecule has 1 aliphatic rings. The molecule has 1 fully saturated rings. The molecule has 1 unspecified atom stereocenters. The molecule has 30 heavy (non-hydrogen) atoms. The Hall–Kier alpha value is -2.57. The molecule has 1 amide bonds. The summed E-state index contributed by atoms with van der Waals surface area (Å²) in [6.07, 6.45) is 0. The van der Waals surface area contributed by atoms with Gasteiger partial charge in [-0.3, -0.25) is 9.69 Å². The number of carbonyl (C=O) groups excluding carboxylic acids is 1. The maximum atomic E-state index is 12.8. The fourth-order valence-electron chi connectivity index (χ4n) is 3.91. The molecule has 0 radical (unpaired) electrons. The second kappa shape index (κ2) is 10.5. The Balaban J connectivity index is 1.81. The van der Waals surface area contributed by atoms with Crippen molar-refractivity contribution in [2.24, 2.45) is 0 Å². The van der Waals surface area contributed by atoms with Gasteiger partial charge in [-0.15, -0.1) is 0 Å². The van der Waals surface area contributed by atoms with Gasteiger partial charge in [0, 0.05) is 25.2 Å². The normalized spacial score (nSPS) is 15.5. The Bertz CT molecular complexity index is 842. The standard InChI is InChI=1S/C24H32N2O4/c1-5-30-22-7-6-19(15-23(22)28-4)21(26-8-10-29-11-9-26)16-25-24(27)20-13-17(2)12-18(3)14-20/h6-7,12-15,21H,5,8-11,16H2,1-4H3,(H,25,27). The Morgan fingerprint density at radius 1 is 1.10 bits per heavy atom. The number of ether oxygens (including phenoxy) is 3. The number of benzene rings is 2. The van der Waals surface area contributed by atoms with Crippen LogP contribution in [0.15, 0.2) is 36.4 Å². The summed E-state index contributed by atoms with van der Waals surface area (Å²) in [5, 5.41) is 3.13. The number of rotatable bonds is 8. The van der Waals surface area contributed by atoms with E-state index in [-0.39, 0.29) is 11.9 Å². The first-order chi connectivity index (χ1) is 14.5. The van der Waals surface area contributed by atoms with Gasteiger partial charge in [0.05, 0.1) is 33.0 Å². The highest BCUT2D eigenvalue weighted by atomic mass is 16.5. The van der Waals surface area contributed by atoms with Crippen molar-refractivity contribution in [3.05, 3.63) is 58.7 Å². The lowest BCUT2D eigenvalue weighted by Crippen LogP contribution is -2.43. The van der Waals surface area contributed by atoms with Crippen molar-refractivity contribution in [2.45, 2.75) is 26.8 Å². The predicted octanol–water partition coefficient (Wildman–Crippen LogP) is 3.51. The zero-order valence-electron chi connectivity index (χ0n) is 18.4. The number of carbonyl (C=O) groups is 1. The van der Waals surface area contributed by atoms with Crippen molar-refractivity contribution in [3.8, 4) is 11.5 Å². The van der Waals surface area contributed by atoms with Crippen LogP contribution in [0.3, 0.4) is 0 Å². The summed E-state index contributed by atoms with van der Waals surface area (Å²) in [5.41, 5.74) is 3.94. The fraction of sp³-hybridized carbons (Fsp3) is 0.458. The van der Waals surface area contributed by atoms with Crippen molar-refractivity contribution in [1.29, 1.82) is 0 Å². The Labute approximate surface area is 179 Å². The minimum Gasteiger partial charge on any atom is -0.493 e. The lowest BCUT2D eigenvalue weighted by Gasteiger charge is -2.35. The van der Waals surface area contributed by atoms with Crippen molar-refractivity contribution in [3.63, 3.8) is 0 Å². The van der Waals surface area contributed by atoms with Crippen LogP contribution < -0.4 is 14.8 Å². The Morgan fingerprint density at radius 3 is 2.43 bits per heavy atom. The molecule has 0 bridgehead atoms. The summed E-state index contributed by atoms with van der Waals surface area (Å²) in [7, 11) is 1.65. The van der Waals surface area contributed by atoms with E-state index in [2.05, 4.69) is 22.3 Å². The van der Waals surface area contributed by atoms with Gasteiger partial charge in [-0.05, 0) is 50.6 Å². The van der Waals surface area contributed by atoms with Crippen LogP contribution in [0.1, 0.15) is 40.0 Å². The molecule has 162 valence electrons. The summed E-state index contributed by atoms with van der Waals surface area (Å²) in [4.78, 5) is 15.2. The molecule has 0 spiro atoms. The number of hydrogen-bond acceptors (Lipinski definition) is 5. The fourth-order valence-corrected chi connectivity index (χ4v) is 3.91. The minimum absolute atomic E-state index is 0.0216. The smallest absolute Gasteiger partial charge is 0.251 e. The minimum atomic E-state index is -0.0574. The van der Waals surface area contributed by atoms with Crippen LogP contribution in [0.25, 0.3) is 0 Å². The van der Waals surface area contributed by atoms with Crippen molar-refractivity contribution < 1.29 is 19.0 Å². The molecule has 1 N–H and O–H groups in total. The van der Waals surface area contributed by atoms with Crippen LogP contribution in [0, 0.1) is 13.8 Å². The largest absolute Gasteiger partial charge is 0.493 e. The average molecular weight is 413 g/mol. The second-order valence-electron chi connectivity index (χ2n) is 7.59. The first-order valence-corrected chi connectivity index (χ1v) is 10.5. The summed E-state index contributed by atoms with van der Waals surface area (Å²) in [5.74, 6) is 1.37. The van der Waals surface area contributed by atoms with Crippen molar-refractivity contribution in [1.82, 2.24) is 10.2 Å². The van der Waals surface area contributed by atoms with Crippen LogP contribution >= 0.6 is 0 Å². The Morgan fingerprint density at radius 2 is 1.80 bits per heavy atom. The molecule has 1 heterocycles. The van der Waals surface area contributed by atoms with Gasteiger partial charge >= 0.3 is 0 Å². The highest BCUT2D eigenvalue weighted by Crippen LogP contribution is 2.32. The van der Waals surface area contributed by atoms with Crippen LogP contribution in [0.5, 0.6) is 11.5 Å². The number of morpholine rings is 1.